The number of nitrogens with two attached hydrogens (primary N) is 1. The fourth-order valence-corrected chi connectivity index (χ4v) is 2.04. The summed E-state index contributed by atoms with van der Waals surface area (Å²) in [6, 6.07) is 14.4. The zero-order valence-corrected chi connectivity index (χ0v) is 11.5. The van der Waals surface area contributed by atoms with E-state index in [0.29, 0.717) is 13.2 Å². The topological polar surface area (TPSA) is 47.3 Å². The van der Waals surface area contributed by atoms with Crippen molar-refractivity contribution in [3.05, 3.63) is 65.5 Å². The fraction of sp³-hybridized carbons (Fsp3) is 0.250. The minimum absolute atomic E-state index is 0.00273. The van der Waals surface area contributed by atoms with Crippen LogP contribution in [-0.4, -0.2) is 13.7 Å². The highest BCUT2D eigenvalue weighted by molar-refractivity contribution is 5.45. The summed E-state index contributed by atoms with van der Waals surface area (Å²) in [7, 11) is 1.67. The molecule has 2 aromatic carbocycles. The lowest BCUT2D eigenvalue weighted by Gasteiger charge is -2.19. The van der Waals surface area contributed by atoms with Crippen molar-refractivity contribution < 1.29 is 9.13 Å². The quantitative estimate of drug-likeness (QED) is 0.851. The van der Waals surface area contributed by atoms with Gasteiger partial charge in [-0.1, -0.05) is 24.3 Å². The lowest BCUT2D eigenvalue weighted by Crippen LogP contribution is -2.20. The molecule has 0 bridgehead atoms. The Labute approximate surface area is 118 Å². The maximum atomic E-state index is 12.9. The Balaban J connectivity index is 2.09. The summed E-state index contributed by atoms with van der Waals surface area (Å²) in [5.74, 6) is -0.247. The van der Waals surface area contributed by atoms with Crippen LogP contribution in [0.3, 0.4) is 0 Å². The van der Waals surface area contributed by atoms with Crippen LogP contribution >= 0.6 is 0 Å². The Hall–Kier alpha value is -1.91. The number of hydrogen-bond acceptors (Lipinski definition) is 3. The molecule has 1 unspecified atom stereocenters. The third-order valence-electron chi connectivity index (χ3n) is 3.11. The van der Waals surface area contributed by atoms with Gasteiger partial charge in [0.15, 0.2) is 0 Å². The molecule has 0 aromatic heterocycles. The average Bonchev–Trinajstić information content (AvgIpc) is 2.48. The van der Waals surface area contributed by atoms with Crippen LogP contribution in [0.15, 0.2) is 48.5 Å². The predicted octanol–water partition coefficient (Wildman–Crippen LogP) is 3.08. The van der Waals surface area contributed by atoms with Gasteiger partial charge in [-0.3, -0.25) is 0 Å². The van der Waals surface area contributed by atoms with E-state index in [4.69, 9.17) is 10.5 Å². The second kappa shape index (κ2) is 7.03. The first-order chi connectivity index (χ1) is 9.72. The van der Waals surface area contributed by atoms with Gasteiger partial charge in [0.1, 0.15) is 5.82 Å². The standard InChI is InChI=1S/C16H19FN2O/c1-20-11-12-2-4-13(5-3-12)16(10-18)19-15-8-6-14(17)7-9-15/h2-9,16,19H,10-11,18H2,1H3. The van der Waals surface area contributed by atoms with Gasteiger partial charge in [-0.15, -0.1) is 0 Å². The first-order valence-corrected chi connectivity index (χ1v) is 6.53. The van der Waals surface area contributed by atoms with E-state index >= 15 is 0 Å². The molecule has 0 aliphatic carbocycles. The Bertz CT molecular complexity index is 525. The Morgan fingerprint density at radius 3 is 2.30 bits per heavy atom. The number of halogens is 1. The normalized spacial score (nSPS) is 12.2. The van der Waals surface area contributed by atoms with Gasteiger partial charge < -0.3 is 15.8 Å². The van der Waals surface area contributed by atoms with Crippen molar-refractivity contribution in [1.82, 2.24) is 0 Å². The highest BCUT2D eigenvalue weighted by Crippen LogP contribution is 2.19. The molecule has 2 aromatic rings. The SMILES string of the molecule is COCc1ccc(C(CN)Nc2ccc(F)cc2)cc1. The first kappa shape index (κ1) is 14.5. The lowest BCUT2D eigenvalue weighted by atomic mass is 10.0. The average molecular weight is 274 g/mol. The largest absolute Gasteiger partial charge is 0.380 e. The summed E-state index contributed by atoms with van der Waals surface area (Å²) in [6.45, 7) is 1.06. The summed E-state index contributed by atoms with van der Waals surface area (Å²) in [4.78, 5) is 0. The lowest BCUT2D eigenvalue weighted by molar-refractivity contribution is 0.185. The van der Waals surface area contributed by atoms with E-state index in [0.717, 1.165) is 16.8 Å². The summed E-state index contributed by atoms with van der Waals surface area (Å²) in [5.41, 5.74) is 8.88. The molecule has 2 rings (SSSR count). The molecule has 4 heteroatoms. The number of rotatable bonds is 6. The van der Waals surface area contributed by atoms with Crippen molar-refractivity contribution in [3.63, 3.8) is 0 Å². The minimum atomic E-state index is -0.247. The van der Waals surface area contributed by atoms with Gasteiger partial charge in [-0.05, 0) is 35.4 Å². The molecule has 0 aliphatic rings. The zero-order valence-electron chi connectivity index (χ0n) is 11.5. The highest BCUT2D eigenvalue weighted by atomic mass is 19.1. The van der Waals surface area contributed by atoms with Crippen molar-refractivity contribution in [2.45, 2.75) is 12.6 Å². The maximum absolute atomic E-state index is 12.9. The molecular formula is C16H19FN2O. The van der Waals surface area contributed by atoms with E-state index in [1.807, 2.05) is 24.3 Å². The number of anilines is 1. The zero-order chi connectivity index (χ0) is 14.4. The van der Waals surface area contributed by atoms with Crippen LogP contribution in [0.5, 0.6) is 0 Å². The van der Waals surface area contributed by atoms with Gasteiger partial charge in [0, 0.05) is 19.3 Å². The second-order valence-corrected chi connectivity index (χ2v) is 4.61. The van der Waals surface area contributed by atoms with E-state index in [9.17, 15) is 4.39 Å². The van der Waals surface area contributed by atoms with Crippen molar-refractivity contribution >= 4 is 5.69 Å². The van der Waals surface area contributed by atoms with Crippen LogP contribution in [0, 0.1) is 5.82 Å². The molecule has 0 aliphatic heterocycles. The van der Waals surface area contributed by atoms with Gasteiger partial charge in [-0.2, -0.15) is 0 Å². The third kappa shape index (κ3) is 3.79. The van der Waals surface area contributed by atoms with Crippen molar-refractivity contribution in [3.8, 4) is 0 Å². The summed E-state index contributed by atoms with van der Waals surface area (Å²) >= 11 is 0. The Morgan fingerprint density at radius 2 is 1.75 bits per heavy atom. The second-order valence-electron chi connectivity index (χ2n) is 4.61. The van der Waals surface area contributed by atoms with Gasteiger partial charge in [0.05, 0.1) is 12.6 Å². The predicted molar refractivity (Wildman–Crippen MR) is 79.0 cm³/mol. The molecule has 0 fully saturated rings. The van der Waals surface area contributed by atoms with E-state index in [-0.39, 0.29) is 11.9 Å². The van der Waals surface area contributed by atoms with Crippen molar-refractivity contribution in [2.24, 2.45) is 5.73 Å². The third-order valence-corrected chi connectivity index (χ3v) is 3.11. The van der Waals surface area contributed by atoms with E-state index < -0.39 is 0 Å². The van der Waals surface area contributed by atoms with Crippen LogP contribution < -0.4 is 11.1 Å². The first-order valence-electron chi connectivity index (χ1n) is 6.53. The molecule has 0 saturated carbocycles. The van der Waals surface area contributed by atoms with Gasteiger partial charge >= 0.3 is 0 Å². The van der Waals surface area contributed by atoms with Gasteiger partial charge in [0.25, 0.3) is 0 Å². The van der Waals surface area contributed by atoms with Crippen LogP contribution in [0.25, 0.3) is 0 Å². The molecule has 0 amide bonds. The monoisotopic (exact) mass is 274 g/mol. The Morgan fingerprint density at radius 1 is 1.10 bits per heavy atom. The fourth-order valence-electron chi connectivity index (χ4n) is 2.04. The van der Waals surface area contributed by atoms with Crippen LogP contribution in [-0.2, 0) is 11.3 Å². The molecule has 0 heterocycles. The smallest absolute Gasteiger partial charge is 0.123 e. The summed E-state index contributed by atoms with van der Waals surface area (Å²) in [5, 5.41) is 3.30. The van der Waals surface area contributed by atoms with E-state index in [2.05, 4.69) is 5.32 Å². The number of benzene rings is 2. The van der Waals surface area contributed by atoms with Crippen molar-refractivity contribution in [1.29, 1.82) is 0 Å². The Kier molecular flexibility index (Phi) is 5.09. The summed E-state index contributed by atoms with van der Waals surface area (Å²) < 4.78 is 18.0. The van der Waals surface area contributed by atoms with Gasteiger partial charge in [0.2, 0.25) is 0 Å². The molecule has 0 radical (unpaired) electrons. The van der Waals surface area contributed by atoms with Crippen molar-refractivity contribution in [2.75, 3.05) is 19.0 Å². The molecule has 106 valence electrons. The molecule has 0 spiro atoms. The van der Waals surface area contributed by atoms with Crippen LogP contribution in [0.4, 0.5) is 10.1 Å². The molecule has 20 heavy (non-hydrogen) atoms. The summed E-state index contributed by atoms with van der Waals surface area (Å²) in [6.07, 6.45) is 0. The number of nitrogens with one attached hydrogen (secondary N) is 1. The van der Waals surface area contributed by atoms with Gasteiger partial charge in [-0.25, -0.2) is 4.39 Å². The molecule has 3 nitrogen and oxygen atoms in total. The van der Waals surface area contributed by atoms with Crippen LogP contribution in [0.2, 0.25) is 0 Å². The van der Waals surface area contributed by atoms with E-state index in [1.54, 1.807) is 19.2 Å². The maximum Gasteiger partial charge on any atom is 0.123 e. The molecule has 1 atom stereocenters. The number of hydrogen-bond donors (Lipinski definition) is 2. The highest BCUT2D eigenvalue weighted by Gasteiger charge is 2.09. The van der Waals surface area contributed by atoms with Crippen LogP contribution in [0.1, 0.15) is 17.2 Å². The number of ether oxygens (including phenoxy) is 1. The molecule has 0 saturated heterocycles. The minimum Gasteiger partial charge on any atom is -0.380 e. The molecular weight excluding hydrogens is 255 g/mol. The number of methoxy groups -OCH3 is 1. The van der Waals surface area contributed by atoms with E-state index in [1.165, 1.54) is 12.1 Å². The molecule has 3 N–H and O–H groups in total.